The van der Waals surface area contributed by atoms with Gasteiger partial charge in [0.1, 0.15) is 11.4 Å². The third kappa shape index (κ3) is 5.17. The maximum Gasteiger partial charge on any atom is 0.416 e. The first-order valence-electron chi connectivity index (χ1n) is 12.6. The molecular weight excluding hydrogens is 524 g/mol. The van der Waals surface area contributed by atoms with Crippen LogP contribution in [0, 0.1) is 11.7 Å². The van der Waals surface area contributed by atoms with E-state index in [1.807, 2.05) is 0 Å². The van der Waals surface area contributed by atoms with Crippen molar-refractivity contribution in [2.75, 3.05) is 12.3 Å². The Hall–Kier alpha value is -2.95. The van der Waals surface area contributed by atoms with Crippen molar-refractivity contribution >= 4 is 21.7 Å². The van der Waals surface area contributed by atoms with Crippen LogP contribution in [-0.4, -0.2) is 43.0 Å². The topological polar surface area (TPSA) is 97.5 Å². The summed E-state index contributed by atoms with van der Waals surface area (Å²) in [6.45, 7) is 1.83. The molecule has 1 unspecified atom stereocenters. The molecule has 0 aromatic heterocycles. The van der Waals surface area contributed by atoms with Crippen LogP contribution in [0.4, 0.5) is 17.6 Å². The molecule has 2 aromatic carbocycles. The van der Waals surface area contributed by atoms with Crippen LogP contribution in [0.1, 0.15) is 72.9 Å². The molecular formula is C27H30F4N2O4S. The van der Waals surface area contributed by atoms with Gasteiger partial charge in [-0.2, -0.15) is 13.2 Å². The first-order chi connectivity index (χ1) is 17.8. The van der Waals surface area contributed by atoms with E-state index in [-0.39, 0.29) is 40.7 Å². The van der Waals surface area contributed by atoms with Gasteiger partial charge in [0.25, 0.3) is 5.91 Å². The molecule has 206 valence electrons. The maximum atomic E-state index is 15.3. The molecule has 2 fully saturated rings. The van der Waals surface area contributed by atoms with Crippen molar-refractivity contribution in [3.63, 3.8) is 0 Å². The van der Waals surface area contributed by atoms with Crippen molar-refractivity contribution in [2.45, 2.75) is 68.0 Å². The Labute approximate surface area is 219 Å². The van der Waals surface area contributed by atoms with Gasteiger partial charge in [-0.1, -0.05) is 19.1 Å². The van der Waals surface area contributed by atoms with Gasteiger partial charge in [-0.25, -0.2) is 12.8 Å². The van der Waals surface area contributed by atoms with Crippen LogP contribution in [0.5, 0.6) is 0 Å². The van der Waals surface area contributed by atoms with Crippen LogP contribution < -0.4 is 5.73 Å². The second-order valence-corrected chi connectivity index (χ2v) is 12.2. The highest BCUT2D eigenvalue weighted by Gasteiger charge is 2.57. The van der Waals surface area contributed by atoms with Gasteiger partial charge in [-0.15, -0.1) is 0 Å². The largest absolute Gasteiger partial charge is 0.416 e. The van der Waals surface area contributed by atoms with E-state index in [0.717, 1.165) is 12.1 Å². The van der Waals surface area contributed by atoms with Gasteiger partial charge in [0, 0.05) is 18.0 Å². The third-order valence-corrected chi connectivity index (χ3v) is 9.44. The van der Waals surface area contributed by atoms with Gasteiger partial charge >= 0.3 is 6.18 Å². The fourth-order valence-electron chi connectivity index (χ4n) is 5.67. The molecule has 2 amide bonds. The van der Waals surface area contributed by atoms with Crippen molar-refractivity contribution in [1.82, 2.24) is 4.90 Å². The molecule has 0 bridgehead atoms. The fraction of sp³-hybridized carbons (Fsp3) is 0.481. The number of rotatable bonds is 8. The van der Waals surface area contributed by atoms with Crippen molar-refractivity contribution in [1.29, 1.82) is 0 Å². The quantitative estimate of drug-likeness (QED) is 0.461. The van der Waals surface area contributed by atoms with Gasteiger partial charge in [0.15, 0.2) is 9.84 Å². The molecule has 2 atom stereocenters. The minimum Gasteiger partial charge on any atom is -0.368 e. The number of piperidine rings is 1. The Morgan fingerprint density at radius 3 is 2.42 bits per heavy atom. The summed E-state index contributed by atoms with van der Waals surface area (Å²) >= 11 is 0. The highest BCUT2D eigenvalue weighted by atomic mass is 32.2. The van der Waals surface area contributed by atoms with Crippen molar-refractivity contribution in [3.8, 4) is 0 Å². The van der Waals surface area contributed by atoms with E-state index in [9.17, 15) is 31.2 Å². The van der Waals surface area contributed by atoms with Crippen molar-refractivity contribution in [2.24, 2.45) is 11.7 Å². The second kappa shape index (κ2) is 10.3. The zero-order valence-corrected chi connectivity index (χ0v) is 21.7. The number of alkyl halides is 3. The monoisotopic (exact) mass is 554 g/mol. The number of nitrogens with zero attached hydrogens (tertiary/aromatic N) is 1. The minimum absolute atomic E-state index is 0.0283. The molecule has 2 aromatic rings. The van der Waals surface area contributed by atoms with Crippen LogP contribution in [-0.2, 0) is 20.8 Å². The molecule has 0 radical (unpaired) electrons. The van der Waals surface area contributed by atoms with Gasteiger partial charge in [-0.3, -0.25) is 9.59 Å². The summed E-state index contributed by atoms with van der Waals surface area (Å²) in [5.41, 5.74) is 3.09. The van der Waals surface area contributed by atoms with Gasteiger partial charge in [0.2, 0.25) is 5.91 Å². The minimum atomic E-state index is -4.74. The Morgan fingerprint density at radius 2 is 1.84 bits per heavy atom. The molecule has 1 aliphatic heterocycles. The lowest BCUT2D eigenvalue weighted by Crippen LogP contribution is -2.65. The van der Waals surface area contributed by atoms with E-state index in [1.165, 1.54) is 29.2 Å². The molecule has 4 rings (SSSR count). The zero-order valence-electron chi connectivity index (χ0n) is 20.9. The van der Waals surface area contributed by atoms with E-state index in [0.29, 0.717) is 38.2 Å². The SMILES string of the molecule is CCCS(=O)(=O)c1cccc(C(=O)N2CCCCC2(C(N)=O)[C@@H](c2ccc(C(F)(F)F)cc2F)C2CC2)c1. The molecule has 1 saturated heterocycles. The predicted molar refractivity (Wildman–Crippen MR) is 132 cm³/mol. The second-order valence-electron chi connectivity index (χ2n) is 10.1. The number of benzene rings is 2. The van der Waals surface area contributed by atoms with Crippen molar-refractivity contribution in [3.05, 3.63) is 65.0 Å². The number of likely N-dealkylation sites (tertiary alicyclic amines) is 1. The van der Waals surface area contributed by atoms with Crippen LogP contribution in [0.2, 0.25) is 0 Å². The van der Waals surface area contributed by atoms with Crippen LogP contribution in [0.3, 0.4) is 0 Å². The molecule has 1 heterocycles. The van der Waals surface area contributed by atoms with E-state index in [1.54, 1.807) is 6.92 Å². The summed E-state index contributed by atoms with van der Waals surface area (Å²) in [5, 5.41) is 0. The standard InChI is InChI=1S/C27H30F4N2O4S/c1-2-14-38(36,37)20-7-5-6-18(15-20)24(34)33-13-4-3-12-26(33,25(32)35)23(17-8-9-17)21-11-10-19(16-22(21)28)27(29,30)31/h5-7,10-11,15-17,23H,2-4,8-9,12-14H2,1H3,(H2,32,35)/t23-,26?/m1/s1. The molecule has 6 nitrogen and oxygen atoms in total. The molecule has 38 heavy (non-hydrogen) atoms. The van der Waals surface area contributed by atoms with E-state index in [4.69, 9.17) is 5.73 Å². The van der Waals surface area contributed by atoms with Gasteiger partial charge in [-0.05, 0) is 80.3 Å². The average Bonchev–Trinajstić information content (AvgIpc) is 3.69. The van der Waals surface area contributed by atoms with E-state index < -0.39 is 50.7 Å². The van der Waals surface area contributed by atoms with Crippen LogP contribution in [0.15, 0.2) is 47.4 Å². The predicted octanol–water partition coefficient (Wildman–Crippen LogP) is 5.07. The third-order valence-electron chi connectivity index (χ3n) is 7.53. The number of primary amides is 1. The average molecular weight is 555 g/mol. The molecule has 11 heteroatoms. The number of sulfone groups is 1. The highest BCUT2D eigenvalue weighted by molar-refractivity contribution is 7.91. The van der Waals surface area contributed by atoms with Gasteiger partial charge < -0.3 is 10.6 Å². The first kappa shape index (κ1) is 28.1. The van der Waals surface area contributed by atoms with Gasteiger partial charge in [0.05, 0.1) is 16.2 Å². The number of carbonyl (C=O) groups is 2. The van der Waals surface area contributed by atoms with E-state index >= 15 is 4.39 Å². The molecule has 2 N–H and O–H groups in total. The number of halogens is 4. The lowest BCUT2D eigenvalue weighted by molar-refractivity contribution is -0.138. The summed E-state index contributed by atoms with van der Waals surface area (Å²) in [6, 6.07) is 7.78. The Balaban J connectivity index is 1.82. The summed E-state index contributed by atoms with van der Waals surface area (Å²) in [5.74, 6) is -3.90. The van der Waals surface area contributed by atoms with E-state index in [2.05, 4.69) is 0 Å². The molecule has 2 aliphatic rings. The first-order valence-corrected chi connectivity index (χ1v) is 14.3. The normalized spacial score (nSPS) is 21.2. The lowest BCUT2D eigenvalue weighted by atomic mass is 9.69. The highest BCUT2D eigenvalue weighted by Crippen LogP contribution is 2.54. The zero-order chi connectivity index (χ0) is 27.9. The summed E-state index contributed by atoms with van der Waals surface area (Å²) < 4.78 is 80.2. The summed E-state index contributed by atoms with van der Waals surface area (Å²) in [6.07, 6.45) is -2.00. The van der Waals surface area contributed by atoms with Crippen molar-refractivity contribution < 1.29 is 35.6 Å². The Kier molecular flexibility index (Phi) is 7.62. The molecule has 0 spiro atoms. The van der Waals surface area contributed by atoms with Crippen LogP contribution >= 0.6 is 0 Å². The Bertz CT molecular complexity index is 1340. The molecule has 1 aliphatic carbocycles. The number of carbonyl (C=O) groups excluding carboxylic acids is 2. The number of amides is 2. The smallest absolute Gasteiger partial charge is 0.368 e. The number of hydrogen-bond acceptors (Lipinski definition) is 4. The van der Waals surface area contributed by atoms with Crippen LogP contribution in [0.25, 0.3) is 0 Å². The molecule has 1 saturated carbocycles. The summed E-state index contributed by atoms with van der Waals surface area (Å²) in [7, 11) is -3.63. The lowest BCUT2D eigenvalue weighted by Gasteiger charge is -2.50. The summed E-state index contributed by atoms with van der Waals surface area (Å²) in [4.78, 5) is 28.4. The Morgan fingerprint density at radius 1 is 1.13 bits per heavy atom. The fourth-order valence-corrected chi connectivity index (χ4v) is 7.03. The number of nitrogens with two attached hydrogens (primary N) is 1. The maximum absolute atomic E-state index is 15.3. The number of hydrogen-bond donors (Lipinski definition) is 1.